The maximum absolute atomic E-state index is 6.01. The van der Waals surface area contributed by atoms with E-state index in [1.54, 1.807) is 6.07 Å². The number of hydrogen-bond donors (Lipinski definition) is 1. The first-order valence-electron chi connectivity index (χ1n) is 6.71. The van der Waals surface area contributed by atoms with Gasteiger partial charge in [0.25, 0.3) is 0 Å². The van der Waals surface area contributed by atoms with E-state index in [9.17, 15) is 0 Å². The minimum Gasteiger partial charge on any atom is -0.310 e. The number of halogens is 2. The molecule has 1 aromatic rings. The van der Waals surface area contributed by atoms with Crippen molar-refractivity contribution in [2.45, 2.75) is 45.7 Å². The standard InChI is InChI=1S/C15H21Cl2N/c1-10-3-11(2)5-15(4-10)18-9-12-6-13(16)8-14(17)7-12/h6-8,10-11,15,18H,3-5,9H2,1-2H3. The third-order valence-corrected chi connectivity index (χ3v) is 4.13. The van der Waals surface area contributed by atoms with Crippen molar-refractivity contribution >= 4 is 23.2 Å². The molecule has 3 heteroatoms. The second-order valence-corrected chi connectivity index (χ2v) is 6.65. The van der Waals surface area contributed by atoms with Crippen LogP contribution in [0.2, 0.25) is 10.0 Å². The average molecular weight is 286 g/mol. The average Bonchev–Trinajstić information content (AvgIpc) is 2.23. The Balaban J connectivity index is 1.90. The third-order valence-electron chi connectivity index (χ3n) is 3.70. The molecule has 0 spiro atoms. The zero-order valence-corrected chi connectivity index (χ0v) is 12.6. The molecule has 0 bridgehead atoms. The van der Waals surface area contributed by atoms with Crippen molar-refractivity contribution in [2.75, 3.05) is 0 Å². The molecule has 2 rings (SSSR count). The predicted octanol–water partition coefficient (Wildman–Crippen LogP) is 4.91. The van der Waals surface area contributed by atoms with Gasteiger partial charge in [-0.25, -0.2) is 0 Å². The highest BCUT2D eigenvalue weighted by Crippen LogP contribution is 2.28. The highest BCUT2D eigenvalue weighted by molar-refractivity contribution is 6.34. The van der Waals surface area contributed by atoms with Crippen LogP contribution in [0.25, 0.3) is 0 Å². The summed E-state index contributed by atoms with van der Waals surface area (Å²) in [6.45, 7) is 5.55. The monoisotopic (exact) mass is 285 g/mol. The molecule has 0 aliphatic heterocycles. The highest BCUT2D eigenvalue weighted by Gasteiger charge is 2.23. The van der Waals surface area contributed by atoms with Gasteiger partial charge in [-0.1, -0.05) is 37.0 Å². The first-order chi connectivity index (χ1) is 8.52. The molecule has 1 fully saturated rings. The second kappa shape index (κ2) is 6.27. The lowest BCUT2D eigenvalue weighted by atomic mass is 9.80. The fourth-order valence-corrected chi connectivity index (χ4v) is 3.66. The molecule has 0 saturated heterocycles. The molecule has 1 aromatic carbocycles. The Kier molecular flexibility index (Phi) is 4.94. The number of nitrogens with one attached hydrogen (secondary N) is 1. The van der Waals surface area contributed by atoms with E-state index in [4.69, 9.17) is 23.2 Å². The van der Waals surface area contributed by atoms with Crippen LogP contribution in [0.3, 0.4) is 0 Å². The topological polar surface area (TPSA) is 12.0 Å². The number of hydrogen-bond acceptors (Lipinski definition) is 1. The molecule has 0 amide bonds. The molecule has 2 unspecified atom stereocenters. The van der Waals surface area contributed by atoms with E-state index in [1.807, 2.05) is 12.1 Å². The van der Waals surface area contributed by atoms with Gasteiger partial charge in [-0.3, -0.25) is 0 Å². The molecule has 1 nitrogen and oxygen atoms in total. The molecule has 1 aliphatic rings. The fourth-order valence-electron chi connectivity index (χ4n) is 3.09. The minimum absolute atomic E-state index is 0.626. The van der Waals surface area contributed by atoms with Gasteiger partial charge in [0.1, 0.15) is 0 Å². The van der Waals surface area contributed by atoms with Gasteiger partial charge in [0.15, 0.2) is 0 Å². The Hall–Kier alpha value is -0.240. The van der Waals surface area contributed by atoms with Gasteiger partial charge in [-0.05, 0) is 54.9 Å². The van der Waals surface area contributed by atoms with Gasteiger partial charge in [0.2, 0.25) is 0 Å². The second-order valence-electron chi connectivity index (χ2n) is 5.77. The Morgan fingerprint density at radius 2 is 1.56 bits per heavy atom. The lowest BCUT2D eigenvalue weighted by Crippen LogP contribution is -2.35. The zero-order chi connectivity index (χ0) is 13.1. The van der Waals surface area contributed by atoms with Crippen molar-refractivity contribution in [2.24, 2.45) is 11.8 Å². The Bertz CT molecular complexity index is 375. The van der Waals surface area contributed by atoms with E-state index in [2.05, 4.69) is 19.2 Å². The van der Waals surface area contributed by atoms with Gasteiger partial charge >= 0.3 is 0 Å². The Labute approximate surface area is 120 Å². The van der Waals surface area contributed by atoms with E-state index in [1.165, 1.54) is 24.8 Å². The van der Waals surface area contributed by atoms with E-state index in [-0.39, 0.29) is 0 Å². The summed E-state index contributed by atoms with van der Waals surface area (Å²) in [7, 11) is 0. The van der Waals surface area contributed by atoms with Gasteiger partial charge in [0, 0.05) is 22.6 Å². The van der Waals surface area contributed by atoms with Gasteiger partial charge in [-0.2, -0.15) is 0 Å². The smallest absolute Gasteiger partial charge is 0.0424 e. The van der Waals surface area contributed by atoms with Crippen LogP contribution in [-0.2, 0) is 6.54 Å². The summed E-state index contributed by atoms with van der Waals surface area (Å²) in [6, 6.07) is 6.37. The third kappa shape index (κ3) is 4.15. The Morgan fingerprint density at radius 3 is 2.11 bits per heavy atom. The molecule has 100 valence electrons. The van der Waals surface area contributed by atoms with Crippen LogP contribution >= 0.6 is 23.2 Å². The van der Waals surface area contributed by atoms with Gasteiger partial charge in [-0.15, -0.1) is 0 Å². The molecule has 2 atom stereocenters. The summed E-state index contributed by atoms with van der Waals surface area (Å²) in [6.07, 6.45) is 3.92. The van der Waals surface area contributed by atoms with E-state index >= 15 is 0 Å². The van der Waals surface area contributed by atoms with Crippen molar-refractivity contribution in [1.82, 2.24) is 5.32 Å². The summed E-state index contributed by atoms with van der Waals surface area (Å²) in [5.41, 5.74) is 1.17. The fraction of sp³-hybridized carbons (Fsp3) is 0.600. The summed E-state index contributed by atoms with van der Waals surface area (Å²) >= 11 is 12.0. The molecule has 18 heavy (non-hydrogen) atoms. The number of rotatable bonds is 3. The Morgan fingerprint density at radius 1 is 1.00 bits per heavy atom. The molecular formula is C15H21Cl2N. The summed E-state index contributed by atoms with van der Waals surface area (Å²) in [4.78, 5) is 0. The number of benzene rings is 1. The first kappa shape index (κ1) is 14.2. The molecule has 0 radical (unpaired) electrons. The largest absolute Gasteiger partial charge is 0.310 e. The maximum atomic E-state index is 6.01. The van der Waals surface area contributed by atoms with Crippen LogP contribution in [0.15, 0.2) is 18.2 Å². The van der Waals surface area contributed by atoms with Crippen molar-refractivity contribution < 1.29 is 0 Å². The van der Waals surface area contributed by atoms with Crippen molar-refractivity contribution in [3.63, 3.8) is 0 Å². The minimum atomic E-state index is 0.626. The predicted molar refractivity (Wildman–Crippen MR) is 79.3 cm³/mol. The zero-order valence-electron chi connectivity index (χ0n) is 11.0. The highest BCUT2D eigenvalue weighted by atomic mass is 35.5. The lowest BCUT2D eigenvalue weighted by molar-refractivity contribution is 0.238. The van der Waals surface area contributed by atoms with Crippen LogP contribution in [0.5, 0.6) is 0 Å². The maximum Gasteiger partial charge on any atom is 0.0424 e. The van der Waals surface area contributed by atoms with Crippen LogP contribution < -0.4 is 5.32 Å². The van der Waals surface area contributed by atoms with Gasteiger partial charge < -0.3 is 5.32 Å². The normalized spacial score (nSPS) is 28.3. The van der Waals surface area contributed by atoms with Crippen LogP contribution in [0, 0.1) is 11.8 Å². The molecule has 1 N–H and O–H groups in total. The summed E-state index contributed by atoms with van der Waals surface area (Å²) < 4.78 is 0. The summed E-state index contributed by atoms with van der Waals surface area (Å²) in [5.74, 6) is 1.66. The molecule has 0 heterocycles. The molecule has 1 aliphatic carbocycles. The molecular weight excluding hydrogens is 265 g/mol. The van der Waals surface area contributed by atoms with Crippen LogP contribution in [0.4, 0.5) is 0 Å². The molecule has 1 saturated carbocycles. The van der Waals surface area contributed by atoms with E-state index < -0.39 is 0 Å². The van der Waals surface area contributed by atoms with Crippen LogP contribution in [0.1, 0.15) is 38.7 Å². The molecule has 0 aromatic heterocycles. The quantitative estimate of drug-likeness (QED) is 0.832. The summed E-state index contributed by atoms with van der Waals surface area (Å²) in [5, 5.41) is 5.06. The van der Waals surface area contributed by atoms with Crippen molar-refractivity contribution in [1.29, 1.82) is 0 Å². The lowest BCUT2D eigenvalue weighted by Gasteiger charge is -2.32. The van der Waals surface area contributed by atoms with Gasteiger partial charge in [0.05, 0.1) is 0 Å². The first-order valence-corrected chi connectivity index (χ1v) is 7.47. The van der Waals surface area contributed by atoms with Crippen LogP contribution in [-0.4, -0.2) is 6.04 Å². The van der Waals surface area contributed by atoms with Crippen molar-refractivity contribution in [3.05, 3.63) is 33.8 Å². The van der Waals surface area contributed by atoms with E-state index in [0.717, 1.165) is 18.4 Å². The van der Waals surface area contributed by atoms with E-state index in [0.29, 0.717) is 16.1 Å². The van der Waals surface area contributed by atoms with Crippen molar-refractivity contribution in [3.8, 4) is 0 Å². The SMILES string of the molecule is CC1CC(C)CC(NCc2cc(Cl)cc(Cl)c2)C1.